The fraction of sp³-hybridized carbons (Fsp3) is 0.368. The van der Waals surface area contributed by atoms with E-state index in [1.165, 1.54) is 0 Å². The first kappa shape index (κ1) is 18.5. The molecule has 0 radical (unpaired) electrons. The minimum Gasteiger partial charge on any atom is -0.352 e. The monoisotopic (exact) mass is 396 g/mol. The molecule has 3 aromatic rings. The van der Waals surface area contributed by atoms with Crippen LogP contribution >= 0.6 is 11.6 Å². The summed E-state index contributed by atoms with van der Waals surface area (Å²) < 4.78 is 2.11. The number of imidazole rings is 1. The van der Waals surface area contributed by atoms with Gasteiger partial charge in [-0.15, -0.1) is 0 Å². The van der Waals surface area contributed by atoms with E-state index in [1.807, 2.05) is 13.8 Å². The van der Waals surface area contributed by atoms with Crippen molar-refractivity contribution in [3.8, 4) is 6.07 Å². The van der Waals surface area contributed by atoms with Crippen molar-refractivity contribution in [1.29, 1.82) is 5.26 Å². The quantitative estimate of drug-likeness (QED) is 0.606. The van der Waals surface area contributed by atoms with E-state index in [0.717, 1.165) is 25.2 Å². The maximum Gasteiger partial charge on any atom is 0.224 e. The van der Waals surface area contributed by atoms with Gasteiger partial charge in [0.2, 0.25) is 11.9 Å². The number of nitrogens with zero attached hydrogens (tertiary/aromatic N) is 5. The van der Waals surface area contributed by atoms with Crippen molar-refractivity contribution in [3.05, 3.63) is 35.0 Å². The lowest BCUT2D eigenvalue weighted by molar-refractivity contribution is 0.564. The molecule has 1 aromatic carbocycles. The Kier molecular flexibility index (Phi) is 5.03. The summed E-state index contributed by atoms with van der Waals surface area (Å²) in [5.41, 5.74) is 2.69. The van der Waals surface area contributed by atoms with Gasteiger partial charge >= 0.3 is 0 Å². The first-order valence-electron chi connectivity index (χ1n) is 9.23. The number of nitriles is 1. The molecule has 28 heavy (non-hydrogen) atoms. The van der Waals surface area contributed by atoms with Gasteiger partial charge in [-0.3, -0.25) is 4.57 Å². The molecule has 1 unspecified atom stereocenters. The lowest BCUT2D eigenvalue weighted by Gasteiger charge is -2.16. The van der Waals surface area contributed by atoms with E-state index >= 15 is 0 Å². The number of fused-ring (bicyclic) bond motifs is 1. The van der Waals surface area contributed by atoms with Crippen molar-refractivity contribution >= 4 is 40.3 Å². The van der Waals surface area contributed by atoms with E-state index in [1.54, 1.807) is 24.4 Å². The summed E-state index contributed by atoms with van der Waals surface area (Å²) in [6, 6.07) is 7.74. The van der Waals surface area contributed by atoms with E-state index in [0.29, 0.717) is 33.7 Å². The lowest BCUT2D eigenvalue weighted by atomic mass is 10.2. The third-order valence-corrected chi connectivity index (χ3v) is 4.75. The predicted octanol–water partition coefficient (Wildman–Crippen LogP) is 3.45. The lowest BCUT2D eigenvalue weighted by Crippen LogP contribution is -2.16. The second-order valence-corrected chi connectivity index (χ2v) is 7.56. The van der Waals surface area contributed by atoms with Gasteiger partial charge in [-0.05, 0) is 45.0 Å². The van der Waals surface area contributed by atoms with Crippen molar-refractivity contribution in [2.75, 3.05) is 23.7 Å². The number of hydrogen-bond donors (Lipinski definition) is 3. The molecule has 1 saturated heterocycles. The molecule has 144 valence electrons. The van der Waals surface area contributed by atoms with Crippen LogP contribution in [0.5, 0.6) is 0 Å². The van der Waals surface area contributed by atoms with Crippen LogP contribution in [0.1, 0.15) is 31.9 Å². The van der Waals surface area contributed by atoms with E-state index in [-0.39, 0.29) is 12.1 Å². The predicted molar refractivity (Wildman–Crippen MR) is 110 cm³/mol. The molecule has 8 nitrogen and oxygen atoms in total. The molecule has 0 spiro atoms. The van der Waals surface area contributed by atoms with Crippen LogP contribution in [0.3, 0.4) is 0 Å². The van der Waals surface area contributed by atoms with Crippen LogP contribution in [0.25, 0.3) is 11.2 Å². The second kappa shape index (κ2) is 7.62. The van der Waals surface area contributed by atoms with Crippen LogP contribution < -0.4 is 16.0 Å². The summed E-state index contributed by atoms with van der Waals surface area (Å²) in [6.45, 7) is 5.88. The molecule has 3 N–H and O–H groups in total. The smallest absolute Gasteiger partial charge is 0.224 e. The van der Waals surface area contributed by atoms with Crippen LogP contribution in [0.4, 0.5) is 17.6 Å². The second-order valence-electron chi connectivity index (χ2n) is 7.12. The first-order chi connectivity index (χ1) is 13.5. The molecule has 0 aliphatic carbocycles. The van der Waals surface area contributed by atoms with Crippen molar-refractivity contribution in [2.24, 2.45) is 0 Å². The molecule has 4 rings (SSSR count). The number of halogens is 1. The maximum atomic E-state index is 9.21. The summed E-state index contributed by atoms with van der Waals surface area (Å²) in [6.07, 6.45) is 2.71. The molecule has 1 aliphatic heterocycles. The Morgan fingerprint density at radius 2 is 2.18 bits per heavy atom. The molecule has 1 atom stereocenters. The van der Waals surface area contributed by atoms with E-state index < -0.39 is 0 Å². The molecule has 9 heteroatoms. The summed E-state index contributed by atoms with van der Waals surface area (Å²) in [7, 11) is 0. The first-order valence-corrected chi connectivity index (χ1v) is 9.61. The molecule has 0 saturated carbocycles. The summed E-state index contributed by atoms with van der Waals surface area (Å²) in [4.78, 5) is 13.8. The molecule has 0 bridgehead atoms. The minimum atomic E-state index is 0.226. The van der Waals surface area contributed by atoms with Crippen LogP contribution in [0.2, 0.25) is 5.02 Å². The fourth-order valence-corrected chi connectivity index (χ4v) is 3.60. The van der Waals surface area contributed by atoms with Gasteiger partial charge < -0.3 is 16.0 Å². The average Bonchev–Trinajstić information content (AvgIpc) is 3.27. The summed E-state index contributed by atoms with van der Waals surface area (Å²) >= 11 is 6.15. The Hall–Kier alpha value is -2.89. The minimum absolute atomic E-state index is 0.226. The number of nitrogens with one attached hydrogen (secondary N) is 3. The summed E-state index contributed by atoms with van der Waals surface area (Å²) in [5, 5.41) is 19.7. The molecule has 2 aromatic heterocycles. The topological polar surface area (TPSA) is 103 Å². The number of rotatable bonds is 5. The molecule has 1 aliphatic rings. The Morgan fingerprint density at radius 1 is 1.32 bits per heavy atom. The number of hydrogen-bond acceptors (Lipinski definition) is 7. The highest BCUT2D eigenvalue weighted by atomic mass is 35.5. The highest BCUT2D eigenvalue weighted by Gasteiger charge is 2.24. The Bertz CT molecular complexity index is 1050. The third kappa shape index (κ3) is 3.72. The van der Waals surface area contributed by atoms with E-state index in [9.17, 15) is 5.26 Å². The molecular formula is C19H21ClN8. The zero-order valence-electron chi connectivity index (χ0n) is 15.7. The van der Waals surface area contributed by atoms with Crippen molar-refractivity contribution < 1.29 is 0 Å². The van der Waals surface area contributed by atoms with Crippen molar-refractivity contribution in [3.63, 3.8) is 0 Å². The van der Waals surface area contributed by atoms with Crippen molar-refractivity contribution in [2.45, 2.75) is 32.4 Å². The largest absolute Gasteiger partial charge is 0.352 e. The zero-order chi connectivity index (χ0) is 19.7. The highest BCUT2D eigenvalue weighted by Crippen LogP contribution is 2.30. The number of benzene rings is 1. The molecular weight excluding hydrogens is 376 g/mol. The van der Waals surface area contributed by atoms with E-state index in [2.05, 4.69) is 31.6 Å². The normalized spacial score (nSPS) is 16.5. The maximum absolute atomic E-state index is 9.21. The molecule has 0 amide bonds. The SMILES string of the molecule is CC(C)Nc1ncc2nc(Nc3cc(Cl)cc(C#N)c3)n(C3CCNC3)c2n1. The van der Waals surface area contributed by atoms with Gasteiger partial charge in [0, 0.05) is 23.3 Å². The van der Waals surface area contributed by atoms with Crippen LogP contribution in [-0.4, -0.2) is 38.7 Å². The number of anilines is 3. The van der Waals surface area contributed by atoms with Gasteiger partial charge in [-0.1, -0.05) is 11.6 Å². The van der Waals surface area contributed by atoms with Crippen LogP contribution in [0, 0.1) is 11.3 Å². The average molecular weight is 397 g/mol. The van der Waals surface area contributed by atoms with Crippen LogP contribution in [-0.2, 0) is 0 Å². The third-order valence-electron chi connectivity index (χ3n) is 4.53. The van der Waals surface area contributed by atoms with Crippen molar-refractivity contribution in [1.82, 2.24) is 24.8 Å². The zero-order valence-corrected chi connectivity index (χ0v) is 16.5. The van der Waals surface area contributed by atoms with Gasteiger partial charge in [-0.25, -0.2) is 9.97 Å². The highest BCUT2D eigenvalue weighted by molar-refractivity contribution is 6.31. The summed E-state index contributed by atoms with van der Waals surface area (Å²) in [5.74, 6) is 1.24. The van der Waals surface area contributed by atoms with Gasteiger partial charge in [-0.2, -0.15) is 10.2 Å². The van der Waals surface area contributed by atoms with Gasteiger partial charge in [0.1, 0.15) is 5.52 Å². The van der Waals surface area contributed by atoms with Gasteiger partial charge in [0.15, 0.2) is 5.65 Å². The molecule has 1 fully saturated rings. The van der Waals surface area contributed by atoms with Gasteiger partial charge in [0.05, 0.1) is 23.9 Å². The Balaban J connectivity index is 1.79. The Labute approximate surface area is 168 Å². The van der Waals surface area contributed by atoms with Gasteiger partial charge in [0.25, 0.3) is 0 Å². The van der Waals surface area contributed by atoms with E-state index in [4.69, 9.17) is 21.6 Å². The number of aromatic nitrogens is 4. The fourth-order valence-electron chi connectivity index (χ4n) is 3.37. The van der Waals surface area contributed by atoms with Crippen LogP contribution in [0.15, 0.2) is 24.4 Å². The standard InChI is InChI=1S/C19H21ClN8/c1-11(2)24-18-23-10-16-17(27-18)28(15-3-4-22-9-15)19(26-16)25-14-6-12(8-21)5-13(20)7-14/h5-7,10-11,15,22H,3-4,9H2,1-2H3,(H,25,26)(H,23,24,27). The molecule has 3 heterocycles. The Morgan fingerprint density at radius 3 is 2.89 bits per heavy atom.